The van der Waals surface area contributed by atoms with Crippen molar-refractivity contribution < 1.29 is 8.42 Å². The number of aromatic nitrogens is 2. The second-order valence-electron chi connectivity index (χ2n) is 4.29. The first-order valence-electron chi connectivity index (χ1n) is 5.27. The van der Waals surface area contributed by atoms with Gasteiger partial charge in [0.15, 0.2) is 5.03 Å². The number of nitrogens with zero attached hydrogens (tertiary/aromatic N) is 2. The van der Waals surface area contributed by atoms with Gasteiger partial charge in [-0.05, 0) is 27.7 Å². The maximum Gasteiger partial charge on any atom is 0.260 e. The molecule has 1 heterocycles. The molecule has 0 unspecified atom stereocenters. The average molecular weight is 255 g/mol. The largest absolute Gasteiger partial charge is 0.334 e. The molecule has 0 atom stereocenters. The van der Waals surface area contributed by atoms with Gasteiger partial charge in [0.05, 0.1) is 5.54 Å². The number of sulfonamides is 1. The Morgan fingerprint density at radius 1 is 1.59 bits per heavy atom. The van der Waals surface area contributed by atoms with E-state index >= 15 is 0 Å². The molecule has 0 saturated heterocycles. The van der Waals surface area contributed by atoms with Crippen LogP contribution in [0.3, 0.4) is 0 Å². The molecule has 6 heteroatoms. The number of hydrogen-bond acceptors (Lipinski definition) is 3. The maximum atomic E-state index is 12.0. The van der Waals surface area contributed by atoms with Crippen LogP contribution in [0.25, 0.3) is 0 Å². The molecule has 94 valence electrons. The van der Waals surface area contributed by atoms with Crippen LogP contribution < -0.4 is 4.72 Å². The number of terminal acetylenes is 1. The number of aryl methyl sites for hydroxylation is 2. The highest BCUT2D eigenvalue weighted by molar-refractivity contribution is 7.89. The summed E-state index contributed by atoms with van der Waals surface area (Å²) in [5.41, 5.74) is -0.928. The molecule has 1 aromatic rings. The molecule has 0 bridgehead atoms. The fraction of sp³-hybridized carbons (Fsp3) is 0.545. The Bertz CT molecular complexity index is 550. The Morgan fingerprint density at radius 2 is 2.18 bits per heavy atom. The normalized spacial score (nSPS) is 12.4. The summed E-state index contributed by atoms with van der Waals surface area (Å²) in [6.45, 7) is 7.59. The van der Waals surface area contributed by atoms with Crippen LogP contribution in [-0.4, -0.2) is 23.5 Å². The van der Waals surface area contributed by atoms with Gasteiger partial charge in [-0.25, -0.2) is 13.4 Å². The van der Waals surface area contributed by atoms with Crippen molar-refractivity contribution in [1.29, 1.82) is 0 Å². The first-order chi connectivity index (χ1) is 7.72. The lowest BCUT2D eigenvalue weighted by Gasteiger charge is -2.18. The summed E-state index contributed by atoms with van der Waals surface area (Å²) in [6, 6.07) is 0. The van der Waals surface area contributed by atoms with E-state index in [1.165, 1.54) is 6.20 Å². The van der Waals surface area contributed by atoms with E-state index in [1.807, 2.05) is 6.92 Å². The van der Waals surface area contributed by atoms with E-state index in [2.05, 4.69) is 15.6 Å². The van der Waals surface area contributed by atoms with Gasteiger partial charge in [-0.1, -0.05) is 5.92 Å². The summed E-state index contributed by atoms with van der Waals surface area (Å²) in [7, 11) is -3.67. The lowest BCUT2D eigenvalue weighted by Crippen LogP contribution is -2.42. The SMILES string of the molecule is C#CC(C)(C)NS(=O)(=O)c1cn(CC)c(C)n1. The molecular formula is C11H17N3O2S. The van der Waals surface area contributed by atoms with Crippen LogP contribution in [0.2, 0.25) is 0 Å². The van der Waals surface area contributed by atoms with E-state index in [9.17, 15) is 8.42 Å². The van der Waals surface area contributed by atoms with Gasteiger partial charge in [0.2, 0.25) is 0 Å². The zero-order valence-corrected chi connectivity index (χ0v) is 11.3. The Kier molecular flexibility index (Phi) is 3.65. The van der Waals surface area contributed by atoms with Gasteiger partial charge in [0.25, 0.3) is 10.0 Å². The molecule has 0 radical (unpaired) electrons. The van der Waals surface area contributed by atoms with E-state index in [-0.39, 0.29) is 5.03 Å². The molecule has 0 aromatic carbocycles. The lowest BCUT2D eigenvalue weighted by molar-refractivity contribution is 0.536. The summed E-state index contributed by atoms with van der Waals surface area (Å²) in [5.74, 6) is 3.04. The van der Waals surface area contributed by atoms with Gasteiger partial charge < -0.3 is 4.57 Å². The van der Waals surface area contributed by atoms with Crippen LogP contribution >= 0.6 is 0 Å². The molecule has 0 aliphatic carbocycles. The van der Waals surface area contributed by atoms with Crippen molar-refractivity contribution in [2.24, 2.45) is 0 Å². The van der Waals surface area contributed by atoms with Crippen molar-refractivity contribution in [2.45, 2.75) is 44.8 Å². The van der Waals surface area contributed by atoms with Crippen molar-refractivity contribution in [2.75, 3.05) is 0 Å². The first-order valence-corrected chi connectivity index (χ1v) is 6.75. The summed E-state index contributed by atoms with van der Waals surface area (Å²) >= 11 is 0. The molecular weight excluding hydrogens is 238 g/mol. The molecule has 5 nitrogen and oxygen atoms in total. The number of nitrogens with one attached hydrogen (secondary N) is 1. The lowest BCUT2D eigenvalue weighted by atomic mass is 10.1. The smallest absolute Gasteiger partial charge is 0.260 e. The van der Waals surface area contributed by atoms with Crippen molar-refractivity contribution >= 4 is 10.0 Å². The molecule has 0 amide bonds. The monoisotopic (exact) mass is 255 g/mol. The van der Waals surface area contributed by atoms with Crippen LogP contribution in [0.1, 0.15) is 26.6 Å². The Labute approximate surface area is 102 Å². The highest BCUT2D eigenvalue weighted by atomic mass is 32.2. The molecule has 1 aromatic heterocycles. The Balaban J connectivity index is 3.11. The van der Waals surface area contributed by atoms with Crippen LogP contribution in [0, 0.1) is 19.3 Å². The summed E-state index contributed by atoms with van der Waals surface area (Å²) in [6.07, 6.45) is 6.75. The zero-order chi connectivity index (χ0) is 13.3. The molecule has 0 spiro atoms. The predicted molar refractivity (Wildman–Crippen MR) is 65.9 cm³/mol. The van der Waals surface area contributed by atoms with Gasteiger partial charge in [0, 0.05) is 12.7 Å². The summed E-state index contributed by atoms with van der Waals surface area (Å²) in [5, 5.41) is 0.000162. The molecule has 0 aliphatic heterocycles. The van der Waals surface area contributed by atoms with Crippen LogP contribution in [-0.2, 0) is 16.6 Å². The van der Waals surface area contributed by atoms with E-state index in [1.54, 1.807) is 25.3 Å². The van der Waals surface area contributed by atoms with E-state index in [0.29, 0.717) is 12.4 Å². The third-order valence-electron chi connectivity index (χ3n) is 2.32. The zero-order valence-electron chi connectivity index (χ0n) is 10.5. The number of rotatable bonds is 4. The van der Waals surface area contributed by atoms with Crippen molar-refractivity contribution in [1.82, 2.24) is 14.3 Å². The number of hydrogen-bond donors (Lipinski definition) is 1. The van der Waals surface area contributed by atoms with Crippen molar-refractivity contribution in [3.63, 3.8) is 0 Å². The van der Waals surface area contributed by atoms with Gasteiger partial charge in [-0.2, -0.15) is 4.72 Å². The first kappa shape index (κ1) is 13.7. The third kappa shape index (κ3) is 3.08. The molecule has 1 rings (SSSR count). The molecule has 17 heavy (non-hydrogen) atoms. The maximum absolute atomic E-state index is 12.0. The summed E-state index contributed by atoms with van der Waals surface area (Å²) in [4.78, 5) is 4.02. The van der Waals surface area contributed by atoms with E-state index in [4.69, 9.17) is 6.42 Å². The molecule has 0 aliphatic rings. The highest BCUT2D eigenvalue weighted by Crippen LogP contribution is 2.12. The Hall–Kier alpha value is -1.32. The standard InChI is InChI=1S/C11H17N3O2S/c1-6-11(4,5)13-17(15,16)10-8-14(7-2)9(3)12-10/h1,8,13H,7H2,2-5H3. The van der Waals surface area contributed by atoms with Crippen molar-refractivity contribution in [3.8, 4) is 12.3 Å². The van der Waals surface area contributed by atoms with E-state index < -0.39 is 15.6 Å². The summed E-state index contributed by atoms with van der Waals surface area (Å²) < 4.78 is 28.2. The molecule has 0 fully saturated rings. The predicted octanol–water partition coefficient (Wildman–Crippen LogP) is 0.902. The van der Waals surface area contributed by atoms with Crippen LogP contribution in [0.15, 0.2) is 11.2 Å². The minimum atomic E-state index is -3.67. The van der Waals surface area contributed by atoms with Crippen molar-refractivity contribution in [3.05, 3.63) is 12.0 Å². The second kappa shape index (κ2) is 4.51. The highest BCUT2D eigenvalue weighted by Gasteiger charge is 2.26. The fourth-order valence-corrected chi connectivity index (χ4v) is 2.70. The topological polar surface area (TPSA) is 64.0 Å². The Morgan fingerprint density at radius 3 is 2.59 bits per heavy atom. The minimum absolute atomic E-state index is 0.000162. The minimum Gasteiger partial charge on any atom is -0.334 e. The van der Waals surface area contributed by atoms with Crippen LogP contribution in [0.5, 0.6) is 0 Å². The number of imidazole rings is 1. The molecule has 0 saturated carbocycles. The average Bonchev–Trinajstić information content (AvgIpc) is 2.59. The fourth-order valence-electron chi connectivity index (χ4n) is 1.35. The second-order valence-corrected chi connectivity index (χ2v) is 5.92. The van der Waals surface area contributed by atoms with Crippen LogP contribution in [0.4, 0.5) is 0 Å². The quantitative estimate of drug-likeness (QED) is 0.813. The van der Waals surface area contributed by atoms with Gasteiger partial charge in [-0.15, -0.1) is 6.42 Å². The van der Waals surface area contributed by atoms with Gasteiger partial charge in [-0.3, -0.25) is 0 Å². The molecule has 1 N–H and O–H groups in total. The van der Waals surface area contributed by atoms with Gasteiger partial charge in [0.1, 0.15) is 5.82 Å². The van der Waals surface area contributed by atoms with E-state index in [0.717, 1.165) is 0 Å². The third-order valence-corrected chi connectivity index (χ3v) is 3.85. The van der Waals surface area contributed by atoms with Gasteiger partial charge >= 0.3 is 0 Å².